The van der Waals surface area contributed by atoms with E-state index in [4.69, 9.17) is 5.73 Å². The van der Waals surface area contributed by atoms with Crippen molar-refractivity contribution in [1.29, 1.82) is 0 Å². The first-order valence-corrected chi connectivity index (χ1v) is 10.2. The first-order chi connectivity index (χ1) is 14.2. The van der Waals surface area contributed by atoms with Crippen LogP contribution in [0, 0.1) is 5.82 Å². The van der Waals surface area contributed by atoms with Crippen molar-refractivity contribution in [2.24, 2.45) is 15.7 Å². The van der Waals surface area contributed by atoms with Gasteiger partial charge in [0.05, 0.1) is 5.69 Å². The second-order valence-corrected chi connectivity index (χ2v) is 6.59. The zero-order valence-corrected chi connectivity index (χ0v) is 17.7. The molecule has 0 aliphatic heterocycles. The molecular weight excluding hydrogens is 365 g/mol. The number of pyridine rings is 1. The van der Waals surface area contributed by atoms with Crippen molar-refractivity contribution >= 4 is 12.4 Å². The van der Waals surface area contributed by atoms with Crippen LogP contribution < -0.4 is 11.1 Å². The first kappa shape index (κ1) is 24.4. The second kappa shape index (κ2) is 15.3. The topological polar surface area (TPSA) is 75.7 Å². The molecular formula is C23H34FN5. The van der Waals surface area contributed by atoms with E-state index >= 15 is 0 Å². The molecule has 0 unspecified atom stereocenters. The highest BCUT2D eigenvalue weighted by atomic mass is 19.1. The number of aromatic nitrogens is 1. The van der Waals surface area contributed by atoms with Crippen LogP contribution in [0.3, 0.4) is 0 Å². The third kappa shape index (κ3) is 9.94. The summed E-state index contributed by atoms with van der Waals surface area (Å²) in [4.78, 5) is 12.6. The highest BCUT2D eigenvalue weighted by Gasteiger charge is 2.09. The number of allylic oxidation sites excluding steroid dienone is 4. The fraction of sp³-hybridized carbons (Fsp3) is 0.435. The van der Waals surface area contributed by atoms with Crippen LogP contribution in [0.2, 0.25) is 0 Å². The van der Waals surface area contributed by atoms with E-state index in [9.17, 15) is 4.39 Å². The Morgan fingerprint density at radius 1 is 1.31 bits per heavy atom. The molecule has 29 heavy (non-hydrogen) atoms. The number of hydrogen-bond donors (Lipinski definition) is 2. The molecule has 0 saturated carbocycles. The van der Waals surface area contributed by atoms with E-state index in [1.807, 2.05) is 25.3 Å². The van der Waals surface area contributed by atoms with E-state index in [0.717, 1.165) is 50.8 Å². The molecule has 0 amide bonds. The Balaban J connectivity index is 2.50. The van der Waals surface area contributed by atoms with E-state index in [1.54, 1.807) is 12.3 Å². The molecule has 5 nitrogen and oxygen atoms in total. The first-order valence-electron chi connectivity index (χ1n) is 10.2. The minimum absolute atomic E-state index is 0.305. The number of nitrogens with two attached hydrogens (primary N) is 1. The minimum Gasteiger partial charge on any atom is -0.405 e. The van der Waals surface area contributed by atoms with Gasteiger partial charge in [-0.05, 0) is 82.3 Å². The van der Waals surface area contributed by atoms with Crippen LogP contribution in [-0.2, 0) is 6.42 Å². The van der Waals surface area contributed by atoms with Crippen LogP contribution in [0.25, 0.3) is 0 Å². The van der Waals surface area contributed by atoms with Crippen LogP contribution in [0.5, 0.6) is 0 Å². The average molecular weight is 400 g/mol. The summed E-state index contributed by atoms with van der Waals surface area (Å²) in [6.45, 7) is 9.60. The normalized spacial score (nSPS) is 13.3. The van der Waals surface area contributed by atoms with Crippen LogP contribution in [-0.4, -0.2) is 30.5 Å². The minimum atomic E-state index is -0.335. The molecule has 0 aliphatic rings. The Bertz CT molecular complexity index is 735. The lowest BCUT2D eigenvalue weighted by molar-refractivity contribution is 0.602. The van der Waals surface area contributed by atoms with Gasteiger partial charge in [-0.1, -0.05) is 13.0 Å². The van der Waals surface area contributed by atoms with Crippen molar-refractivity contribution < 1.29 is 4.39 Å². The standard InChI is InChI=1S/C23H34FN5/c1-4-14-28-20(5-2)12-17-27-15-7-6-9-19(11-13-25)22(26-3)18-23-21(24)10-8-16-29-23/h4,8,10-11,13-14,16,27H,3,5-7,9,12,15,17-18,25H2,1-2H3/b13-11-,14-4-,22-19+,28-20?. The highest BCUT2D eigenvalue weighted by molar-refractivity contribution is 5.84. The van der Waals surface area contributed by atoms with Crippen molar-refractivity contribution in [3.8, 4) is 0 Å². The van der Waals surface area contributed by atoms with Gasteiger partial charge < -0.3 is 11.1 Å². The number of unbranched alkanes of at least 4 members (excludes halogenated alkanes) is 1. The van der Waals surface area contributed by atoms with Crippen LogP contribution >= 0.6 is 0 Å². The van der Waals surface area contributed by atoms with Crippen molar-refractivity contribution in [3.05, 3.63) is 65.7 Å². The van der Waals surface area contributed by atoms with E-state index in [1.165, 1.54) is 18.0 Å². The molecule has 3 N–H and O–H groups in total. The summed E-state index contributed by atoms with van der Waals surface area (Å²) in [5.74, 6) is -0.335. The maximum Gasteiger partial charge on any atom is 0.145 e. The number of aliphatic imine (C=N–C) groups is 2. The molecule has 1 aromatic heterocycles. The van der Waals surface area contributed by atoms with Gasteiger partial charge in [0.25, 0.3) is 0 Å². The molecule has 1 aromatic rings. The fourth-order valence-electron chi connectivity index (χ4n) is 2.85. The van der Waals surface area contributed by atoms with Gasteiger partial charge in [0.2, 0.25) is 0 Å². The van der Waals surface area contributed by atoms with Gasteiger partial charge in [-0.3, -0.25) is 15.0 Å². The van der Waals surface area contributed by atoms with Gasteiger partial charge in [-0.2, -0.15) is 0 Å². The van der Waals surface area contributed by atoms with Crippen LogP contribution in [0.4, 0.5) is 4.39 Å². The molecule has 0 radical (unpaired) electrons. The summed E-state index contributed by atoms with van der Waals surface area (Å²) in [5, 5.41) is 3.46. The molecule has 0 fully saturated rings. The number of halogens is 1. The molecule has 0 saturated heterocycles. The molecule has 0 spiro atoms. The van der Waals surface area contributed by atoms with Gasteiger partial charge in [0.1, 0.15) is 5.82 Å². The summed E-state index contributed by atoms with van der Waals surface area (Å²) in [6, 6.07) is 2.98. The molecule has 0 aromatic carbocycles. The summed E-state index contributed by atoms with van der Waals surface area (Å²) >= 11 is 0. The quantitative estimate of drug-likeness (QED) is 0.270. The average Bonchev–Trinajstić information content (AvgIpc) is 2.74. The zero-order valence-electron chi connectivity index (χ0n) is 17.7. The molecule has 0 atom stereocenters. The third-order valence-corrected chi connectivity index (χ3v) is 4.48. The lowest BCUT2D eigenvalue weighted by Crippen LogP contribution is -2.19. The van der Waals surface area contributed by atoms with Crippen molar-refractivity contribution in [2.75, 3.05) is 13.1 Å². The molecule has 0 bridgehead atoms. The Kier molecular flexibility index (Phi) is 12.9. The van der Waals surface area contributed by atoms with Crippen LogP contribution in [0.15, 0.2) is 64.1 Å². The Morgan fingerprint density at radius 2 is 2.14 bits per heavy atom. The van der Waals surface area contributed by atoms with Gasteiger partial charge in [0, 0.05) is 36.8 Å². The Labute approximate surface area is 174 Å². The predicted molar refractivity (Wildman–Crippen MR) is 122 cm³/mol. The smallest absolute Gasteiger partial charge is 0.145 e. The lowest BCUT2D eigenvalue weighted by atomic mass is 10.0. The molecule has 0 aliphatic carbocycles. The van der Waals surface area contributed by atoms with E-state index < -0.39 is 0 Å². The summed E-state index contributed by atoms with van der Waals surface area (Å²) in [5.41, 5.74) is 8.85. The van der Waals surface area contributed by atoms with Crippen LogP contribution in [0.1, 0.15) is 51.6 Å². The largest absolute Gasteiger partial charge is 0.405 e. The van der Waals surface area contributed by atoms with Gasteiger partial charge in [-0.25, -0.2) is 4.39 Å². The van der Waals surface area contributed by atoms with Crippen molar-refractivity contribution in [1.82, 2.24) is 10.3 Å². The molecule has 1 heterocycles. The molecule has 158 valence electrons. The highest BCUT2D eigenvalue weighted by Crippen LogP contribution is 2.19. The molecule has 6 heteroatoms. The number of nitrogens with one attached hydrogen (secondary N) is 1. The lowest BCUT2D eigenvalue weighted by Gasteiger charge is -2.10. The van der Waals surface area contributed by atoms with Crippen molar-refractivity contribution in [3.63, 3.8) is 0 Å². The second-order valence-electron chi connectivity index (χ2n) is 6.59. The SMILES string of the molecule is C=N/C(Cc1ncccc1F)=C(/C=C\N)CCCCNCCC(CC)=N/C=C\C. The van der Waals surface area contributed by atoms with Gasteiger partial charge in [-0.15, -0.1) is 0 Å². The zero-order chi connectivity index (χ0) is 21.3. The van der Waals surface area contributed by atoms with E-state index in [0.29, 0.717) is 17.8 Å². The predicted octanol–water partition coefficient (Wildman–Crippen LogP) is 4.72. The van der Waals surface area contributed by atoms with Gasteiger partial charge in [0.15, 0.2) is 0 Å². The van der Waals surface area contributed by atoms with E-state index in [2.05, 4.69) is 33.9 Å². The summed E-state index contributed by atoms with van der Waals surface area (Å²) in [7, 11) is 0. The monoisotopic (exact) mass is 399 g/mol. The maximum absolute atomic E-state index is 13.9. The third-order valence-electron chi connectivity index (χ3n) is 4.48. The summed E-state index contributed by atoms with van der Waals surface area (Å²) in [6.07, 6.45) is 13.7. The molecule has 1 rings (SSSR count). The number of hydrogen-bond acceptors (Lipinski definition) is 5. The van der Waals surface area contributed by atoms with E-state index in [-0.39, 0.29) is 5.82 Å². The Hall–Kier alpha value is -2.60. The van der Waals surface area contributed by atoms with Crippen molar-refractivity contribution in [2.45, 2.75) is 52.4 Å². The summed E-state index contributed by atoms with van der Waals surface area (Å²) < 4.78 is 13.9. The maximum atomic E-state index is 13.9. The number of nitrogens with zero attached hydrogens (tertiary/aromatic N) is 3. The Morgan fingerprint density at radius 3 is 2.79 bits per heavy atom. The van der Waals surface area contributed by atoms with Gasteiger partial charge >= 0.3 is 0 Å². The fourth-order valence-corrected chi connectivity index (χ4v) is 2.85. The number of rotatable bonds is 14.